The van der Waals surface area contributed by atoms with Crippen LogP contribution in [-0.4, -0.2) is 37.8 Å². The van der Waals surface area contributed by atoms with Crippen molar-refractivity contribution < 1.29 is 31.5 Å². The van der Waals surface area contributed by atoms with E-state index in [1.54, 1.807) is 0 Å². The summed E-state index contributed by atoms with van der Waals surface area (Å²) in [6, 6.07) is 3.68. The van der Waals surface area contributed by atoms with Gasteiger partial charge in [-0.1, -0.05) is 6.07 Å². The second kappa shape index (κ2) is 6.62. The van der Waals surface area contributed by atoms with E-state index in [0.717, 1.165) is 23.1 Å². The summed E-state index contributed by atoms with van der Waals surface area (Å²) in [7, 11) is -3.94. The lowest BCUT2D eigenvalue weighted by Gasteiger charge is -2.36. The van der Waals surface area contributed by atoms with Crippen LogP contribution in [-0.2, 0) is 16.0 Å². The maximum Gasteiger partial charge on any atom is 0.416 e. The quantitative estimate of drug-likeness (QED) is 0.821. The van der Waals surface area contributed by atoms with Crippen LogP contribution in [0, 0.1) is 5.92 Å². The van der Waals surface area contributed by atoms with E-state index in [1.807, 2.05) is 0 Å². The van der Waals surface area contributed by atoms with Gasteiger partial charge in [-0.25, -0.2) is 8.42 Å². The number of piperidine rings is 1. The van der Waals surface area contributed by atoms with E-state index >= 15 is 0 Å². The standard InChI is InChI=1S/C15H18F3NO4S/c1-10(11-5-7-19(8-6-11)14(20)21)24(22,23)13-4-2-3-12(9-13)15(16,17)18/h2-4,9-11H,5-8H2,1H3,(H,20,21)/p-1. The molecule has 1 unspecified atom stereocenters. The van der Waals surface area contributed by atoms with Crippen LogP contribution in [0.15, 0.2) is 29.2 Å². The van der Waals surface area contributed by atoms with Crippen LogP contribution >= 0.6 is 0 Å². The summed E-state index contributed by atoms with van der Waals surface area (Å²) in [6.07, 6.45) is -5.27. The lowest BCUT2D eigenvalue weighted by Crippen LogP contribution is -2.47. The number of rotatable bonds is 3. The number of amides is 1. The number of hydrogen-bond acceptors (Lipinski definition) is 4. The molecule has 5 nitrogen and oxygen atoms in total. The summed E-state index contributed by atoms with van der Waals surface area (Å²) in [5.74, 6) is -0.319. The second-order valence-corrected chi connectivity index (χ2v) is 8.17. The first-order chi connectivity index (χ1) is 11.0. The first-order valence-electron chi connectivity index (χ1n) is 7.40. The van der Waals surface area contributed by atoms with Crippen LogP contribution in [0.5, 0.6) is 0 Å². The maximum absolute atomic E-state index is 12.8. The Morgan fingerprint density at radius 2 is 1.88 bits per heavy atom. The zero-order valence-electron chi connectivity index (χ0n) is 12.9. The van der Waals surface area contributed by atoms with Crippen molar-refractivity contribution in [2.45, 2.75) is 36.1 Å². The molecule has 9 heteroatoms. The molecule has 1 aromatic carbocycles. The van der Waals surface area contributed by atoms with E-state index in [0.29, 0.717) is 18.9 Å². The molecule has 1 atom stereocenters. The SMILES string of the molecule is CC(C1CCN(C(=O)[O-])CC1)S(=O)(=O)c1cccc(C(F)(F)F)c1. The van der Waals surface area contributed by atoms with Crippen LogP contribution in [0.3, 0.4) is 0 Å². The predicted molar refractivity (Wildman–Crippen MR) is 77.8 cm³/mol. The van der Waals surface area contributed by atoms with E-state index in [1.165, 1.54) is 6.92 Å². The molecule has 0 bridgehead atoms. The third kappa shape index (κ3) is 3.82. The molecule has 1 heterocycles. The van der Waals surface area contributed by atoms with Crippen molar-refractivity contribution in [1.29, 1.82) is 0 Å². The number of sulfone groups is 1. The van der Waals surface area contributed by atoms with Gasteiger partial charge in [0.05, 0.1) is 15.7 Å². The molecule has 134 valence electrons. The molecule has 24 heavy (non-hydrogen) atoms. The number of carbonyl (C=O) groups excluding carboxylic acids is 1. The van der Waals surface area contributed by atoms with Gasteiger partial charge in [0.25, 0.3) is 0 Å². The number of likely N-dealkylation sites (tertiary alicyclic amines) is 1. The molecule has 1 saturated heterocycles. The molecule has 0 spiro atoms. The fraction of sp³-hybridized carbons (Fsp3) is 0.533. The molecule has 0 aliphatic carbocycles. The van der Waals surface area contributed by atoms with Gasteiger partial charge in [-0.2, -0.15) is 13.2 Å². The average molecular weight is 364 g/mol. The van der Waals surface area contributed by atoms with Crippen LogP contribution in [0.25, 0.3) is 0 Å². The number of alkyl halides is 3. The highest BCUT2D eigenvalue weighted by molar-refractivity contribution is 7.92. The maximum atomic E-state index is 12.8. The minimum Gasteiger partial charge on any atom is -0.530 e. The van der Waals surface area contributed by atoms with Crippen LogP contribution in [0.1, 0.15) is 25.3 Å². The normalized spacial score (nSPS) is 18.4. The second-order valence-electron chi connectivity index (χ2n) is 5.87. The summed E-state index contributed by atoms with van der Waals surface area (Å²) < 4.78 is 63.5. The Bertz CT molecular complexity index is 710. The molecular formula is C15H17F3NO4S-. The number of halogens is 3. The molecule has 1 fully saturated rings. The summed E-state index contributed by atoms with van der Waals surface area (Å²) >= 11 is 0. The smallest absolute Gasteiger partial charge is 0.416 e. The molecule has 2 rings (SSSR count). The minimum absolute atomic E-state index is 0.162. The van der Waals surface area contributed by atoms with Crippen molar-refractivity contribution in [3.8, 4) is 0 Å². The van der Waals surface area contributed by atoms with Gasteiger partial charge >= 0.3 is 6.18 Å². The first-order valence-corrected chi connectivity index (χ1v) is 8.95. The van der Waals surface area contributed by atoms with Gasteiger partial charge in [-0.3, -0.25) is 0 Å². The minimum atomic E-state index is -4.62. The van der Waals surface area contributed by atoms with Gasteiger partial charge in [0.15, 0.2) is 9.84 Å². The number of benzene rings is 1. The van der Waals surface area contributed by atoms with Crippen molar-refractivity contribution in [2.24, 2.45) is 5.92 Å². The van der Waals surface area contributed by atoms with Crippen LogP contribution in [0.2, 0.25) is 0 Å². The van der Waals surface area contributed by atoms with Gasteiger partial charge in [0.2, 0.25) is 0 Å². The topological polar surface area (TPSA) is 77.5 Å². The van der Waals surface area contributed by atoms with Crippen LogP contribution in [0.4, 0.5) is 18.0 Å². The van der Waals surface area contributed by atoms with Gasteiger partial charge in [-0.15, -0.1) is 0 Å². The molecule has 1 aliphatic heterocycles. The first kappa shape index (κ1) is 18.6. The summed E-state index contributed by atoms with van der Waals surface area (Å²) in [4.78, 5) is 11.5. The predicted octanol–water partition coefficient (Wildman–Crippen LogP) is 1.92. The van der Waals surface area contributed by atoms with Gasteiger partial charge < -0.3 is 14.8 Å². The molecule has 0 N–H and O–H groups in total. The van der Waals surface area contributed by atoms with E-state index in [2.05, 4.69) is 0 Å². The van der Waals surface area contributed by atoms with Crippen molar-refractivity contribution in [1.82, 2.24) is 4.90 Å². The zero-order chi connectivity index (χ0) is 18.1. The van der Waals surface area contributed by atoms with E-state index < -0.39 is 32.9 Å². The van der Waals surface area contributed by atoms with Crippen LogP contribution < -0.4 is 5.11 Å². The third-order valence-corrected chi connectivity index (χ3v) is 6.72. The Labute approximate surface area is 138 Å². The molecule has 0 aromatic heterocycles. The fourth-order valence-corrected chi connectivity index (χ4v) is 4.64. The summed E-state index contributed by atoms with van der Waals surface area (Å²) in [6.45, 7) is 1.78. The Hall–Kier alpha value is -1.77. The fourth-order valence-electron chi connectivity index (χ4n) is 2.87. The third-order valence-electron chi connectivity index (χ3n) is 4.44. The van der Waals surface area contributed by atoms with Gasteiger partial charge in [0, 0.05) is 13.1 Å². The Morgan fingerprint density at radius 1 is 1.29 bits per heavy atom. The number of carboxylic acid groups (broad SMARTS) is 1. The molecular weight excluding hydrogens is 347 g/mol. The van der Waals surface area contributed by atoms with Crippen molar-refractivity contribution in [3.05, 3.63) is 29.8 Å². The highest BCUT2D eigenvalue weighted by Crippen LogP contribution is 2.33. The lowest BCUT2D eigenvalue weighted by molar-refractivity contribution is -0.266. The Kier molecular flexibility index (Phi) is 5.12. The lowest BCUT2D eigenvalue weighted by atomic mass is 9.94. The number of hydrogen-bond donors (Lipinski definition) is 0. The molecule has 1 amide bonds. The van der Waals surface area contributed by atoms with Gasteiger partial charge in [0.1, 0.15) is 6.09 Å². The van der Waals surface area contributed by atoms with E-state index in [4.69, 9.17) is 0 Å². The van der Waals surface area contributed by atoms with Gasteiger partial charge in [-0.05, 0) is 43.9 Å². The highest BCUT2D eigenvalue weighted by Gasteiger charge is 2.36. The Morgan fingerprint density at radius 3 is 2.38 bits per heavy atom. The van der Waals surface area contributed by atoms with Crippen molar-refractivity contribution in [2.75, 3.05) is 13.1 Å². The zero-order valence-corrected chi connectivity index (χ0v) is 13.7. The molecule has 0 radical (unpaired) electrons. The van der Waals surface area contributed by atoms with Crippen molar-refractivity contribution in [3.63, 3.8) is 0 Å². The summed E-state index contributed by atoms with van der Waals surface area (Å²) in [5, 5.41) is 9.87. The number of carbonyl (C=O) groups is 1. The van der Waals surface area contributed by atoms with E-state index in [9.17, 15) is 31.5 Å². The molecule has 0 saturated carbocycles. The summed E-state index contributed by atoms with van der Waals surface area (Å²) in [5.41, 5.74) is -1.01. The van der Waals surface area contributed by atoms with Crippen molar-refractivity contribution >= 4 is 15.9 Å². The Balaban J connectivity index is 2.20. The highest BCUT2D eigenvalue weighted by atomic mass is 32.2. The van der Waals surface area contributed by atoms with E-state index in [-0.39, 0.29) is 23.9 Å². The average Bonchev–Trinajstić information content (AvgIpc) is 2.53. The number of nitrogens with zero attached hydrogens (tertiary/aromatic N) is 1. The monoisotopic (exact) mass is 364 g/mol. The largest absolute Gasteiger partial charge is 0.530 e. The molecule has 1 aliphatic rings. The molecule has 1 aromatic rings.